The summed E-state index contributed by atoms with van der Waals surface area (Å²) >= 11 is 0. The van der Waals surface area contributed by atoms with Gasteiger partial charge >= 0.3 is 5.97 Å². The maximum atomic E-state index is 11.8. The van der Waals surface area contributed by atoms with E-state index in [1.54, 1.807) is 19.9 Å². The van der Waals surface area contributed by atoms with Crippen molar-refractivity contribution in [1.82, 2.24) is 9.97 Å². The zero-order valence-corrected chi connectivity index (χ0v) is 10.5. The summed E-state index contributed by atoms with van der Waals surface area (Å²) in [6.45, 7) is 3.53. The van der Waals surface area contributed by atoms with E-state index in [0.717, 1.165) is 5.56 Å². The number of aromatic nitrogens is 2. The van der Waals surface area contributed by atoms with E-state index in [4.69, 9.17) is 5.11 Å². The first-order valence-corrected chi connectivity index (χ1v) is 5.63. The maximum absolute atomic E-state index is 11.8. The number of imidazole rings is 1. The zero-order valence-electron chi connectivity index (χ0n) is 10.5. The third kappa shape index (κ3) is 2.62. The van der Waals surface area contributed by atoms with E-state index >= 15 is 0 Å². The first-order valence-electron chi connectivity index (χ1n) is 5.63. The van der Waals surface area contributed by atoms with Crippen LogP contribution >= 0.6 is 0 Å². The Kier molecular flexibility index (Phi) is 3.33. The van der Waals surface area contributed by atoms with Gasteiger partial charge in [0.1, 0.15) is 5.69 Å². The van der Waals surface area contributed by atoms with Crippen LogP contribution in [0.3, 0.4) is 0 Å². The molecule has 0 aliphatic heterocycles. The van der Waals surface area contributed by atoms with Crippen molar-refractivity contribution in [2.75, 3.05) is 5.32 Å². The Bertz CT molecular complexity index is 633. The number of H-pyrrole nitrogens is 1. The average Bonchev–Trinajstić information content (AvgIpc) is 2.86. The summed E-state index contributed by atoms with van der Waals surface area (Å²) in [5.74, 6) is -1.38. The molecule has 19 heavy (non-hydrogen) atoms. The molecule has 1 aromatic carbocycles. The van der Waals surface area contributed by atoms with Gasteiger partial charge in [-0.2, -0.15) is 0 Å². The lowest BCUT2D eigenvalue weighted by Crippen LogP contribution is -2.13. The molecule has 0 radical (unpaired) electrons. The summed E-state index contributed by atoms with van der Waals surface area (Å²) in [4.78, 5) is 29.4. The third-order valence-corrected chi connectivity index (χ3v) is 2.90. The number of anilines is 1. The van der Waals surface area contributed by atoms with Crippen molar-refractivity contribution in [3.05, 3.63) is 47.0 Å². The smallest absolute Gasteiger partial charge is 0.336 e. The number of carboxylic acid groups (broad SMARTS) is 1. The molecule has 0 aliphatic rings. The standard InChI is InChI=1S/C13H13N3O3/c1-7-3-9(4-10(8(7)2)13(18)19)16-12(17)11-5-14-6-15-11/h3-6H,1-2H3,(H,14,15)(H,16,17)(H,18,19). The molecule has 2 aromatic rings. The number of aryl methyl sites for hydroxylation is 1. The maximum Gasteiger partial charge on any atom is 0.336 e. The minimum Gasteiger partial charge on any atom is -0.478 e. The summed E-state index contributed by atoms with van der Waals surface area (Å²) in [7, 11) is 0. The Labute approximate surface area is 109 Å². The Balaban J connectivity index is 2.31. The lowest BCUT2D eigenvalue weighted by molar-refractivity contribution is 0.0695. The molecule has 0 atom stereocenters. The molecule has 6 heteroatoms. The second-order valence-corrected chi connectivity index (χ2v) is 4.19. The van der Waals surface area contributed by atoms with E-state index in [-0.39, 0.29) is 11.5 Å². The van der Waals surface area contributed by atoms with E-state index in [9.17, 15) is 9.59 Å². The summed E-state index contributed by atoms with van der Waals surface area (Å²) in [6, 6.07) is 3.18. The fraction of sp³-hybridized carbons (Fsp3) is 0.154. The predicted molar refractivity (Wildman–Crippen MR) is 69.4 cm³/mol. The van der Waals surface area contributed by atoms with Crippen molar-refractivity contribution in [2.24, 2.45) is 0 Å². The first-order chi connectivity index (χ1) is 8.99. The highest BCUT2D eigenvalue weighted by Crippen LogP contribution is 2.20. The molecular formula is C13H13N3O3. The molecule has 98 valence electrons. The number of aromatic amines is 1. The normalized spacial score (nSPS) is 10.2. The molecule has 0 spiro atoms. The minimum absolute atomic E-state index is 0.180. The van der Waals surface area contributed by atoms with Crippen molar-refractivity contribution < 1.29 is 14.7 Å². The largest absolute Gasteiger partial charge is 0.478 e. The molecule has 0 saturated carbocycles. The molecule has 1 aromatic heterocycles. The number of benzene rings is 1. The van der Waals surface area contributed by atoms with Gasteiger partial charge in [0, 0.05) is 5.69 Å². The van der Waals surface area contributed by atoms with Crippen LogP contribution < -0.4 is 5.32 Å². The Morgan fingerprint density at radius 3 is 2.63 bits per heavy atom. The number of aromatic carboxylic acids is 1. The van der Waals surface area contributed by atoms with Crippen molar-refractivity contribution in [3.63, 3.8) is 0 Å². The van der Waals surface area contributed by atoms with E-state index < -0.39 is 5.97 Å². The van der Waals surface area contributed by atoms with Crippen LogP contribution in [0.25, 0.3) is 0 Å². The van der Waals surface area contributed by atoms with Crippen molar-refractivity contribution in [3.8, 4) is 0 Å². The van der Waals surface area contributed by atoms with E-state index in [0.29, 0.717) is 16.9 Å². The van der Waals surface area contributed by atoms with Gasteiger partial charge in [-0.25, -0.2) is 9.78 Å². The fourth-order valence-electron chi connectivity index (χ4n) is 1.73. The van der Waals surface area contributed by atoms with Crippen molar-refractivity contribution in [2.45, 2.75) is 13.8 Å². The van der Waals surface area contributed by atoms with E-state index in [2.05, 4.69) is 15.3 Å². The van der Waals surface area contributed by atoms with Crippen LogP contribution in [0.2, 0.25) is 0 Å². The van der Waals surface area contributed by atoms with Crippen LogP contribution in [0.15, 0.2) is 24.7 Å². The van der Waals surface area contributed by atoms with Gasteiger partial charge in [-0.05, 0) is 37.1 Å². The molecule has 0 bridgehead atoms. The lowest BCUT2D eigenvalue weighted by Gasteiger charge is -2.10. The highest BCUT2D eigenvalue weighted by molar-refractivity contribution is 6.03. The highest BCUT2D eigenvalue weighted by Gasteiger charge is 2.13. The summed E-state index contributed by atoms with van der Waals surface area (Å²) in [6.07, 6.45) is 2.80. The SMILES string of the molecule is Cc1cc(NC(=O)c2cnc[nH]2)cc(C(=O)O)c1C. The number of carbonyl (C=O) groups is 2. The molecule has 0 saturated heterocycles. The number of nitrogens with zero attached hydrogens (tertiary/aromatic N) is 1. The molecule has 0 fully saturated rings. The molecule has 3 N–H and O–H groups in total. The minimum atomic E-state index is -1.02. The van der Waals surface area contributed by atoms with Gasteiger partial charge in [0.25, 0.3) is 5.91 Å². The lowest BCUT2D eigenvalue weighted by atomic mass is 10.0. The quantitative estimate of drug-likeness (QED) is 0.785. The van der Waals surface area contributed by atoms with Crippen LogP contribution in [-0.4, -0.2) is 27.0 Å². The number of amides is 1. The highest BCUT2D eigenvalue weighted by atomic mass is 16.4. The number of hydrogen-bond acceptors (Lipinski definition) is 3. The second-order valence-electron chi connectivity index (χ2n) is 4.19. The van der Waals surface area contributed by atoms with Gasteiger partial charge in [-0.3, -0.25) is 4.79 Å². The summed E-state index contributed by atoms with van der Waals surface area (Å²) < 4.78 is 0. The molecule has 2 rings (SSSR count). The van der Waals surface area contributed by atoms with Crippen LogP contribution in [0.5, 0.6) is 0 Å². The van der Waals surface area contributed by atoms with E-state index in [1.165, 1.54) is 18.6 Å². The van der Waals surface area contributed by atoms with Gasteiger partial charge in [-0.1, -0.05) is 0 Å². The van der Waals surface area contributed by atoms with Crippen molar-refractivity contribution in [1.29, 1.82) is 0 Å². The van der Waals surface area contributed by atoms with Crippen LogP contribution in [-0.2, 0) is 0 Å². The molecule has 1 heterocycles. The Hall–Kier alpha value is -2.63. The second kappa shape index (κ2) is 4.93. The molecule has 0 aliphatic carbocycles. The number of rotatable bonds is 3. The molecule has 1 amide bonds. The fourth-order valence-corrected chi connectivity index (χ4v) is 1.73. The number of hydrogen-bond donors (Lipinski definition) is 3. The monoisotopic (exact) mass is 259 g/mol. The predicted octanol–water partition coefficient (Wildman–Crippen LogP) is 1.98. The number of carboxylic acids is 1. The van der Waals surface area contributed by atoms with Gasteiger partial charge in [0.2, 0.25) is 0 Å². The zero-order chi connectivity index (χ0) is 14.0. The molecule has 6 nitrogen and oxygen atoms in total. The van der Waals surface area contributed by atoms with Crippen molar-refractivity contribution >= 4 is 17.6 Å². The first kappa shape index (κ1) is 12.8. The average molecular weight is 259 g/mol. The molecular weight excluding hydrogens is 246 g/mol. The summed E-state index contributed by atoms with van der Waals surface area (Å²) in [5, 5.41) is 11.7. The third-order valence-electron chi connectivity index (χ3n) is 2.90. The number of nitrogens with one attached hydrogen (secondary N) is 2. The van der Waals surface area contributed by atoms with E-state index in [1.807, 2.05) is 0 Å². The molecule has 0 unspecified atom stereocenters. The topological polar surface area (TPSA) is 95.1 Å². The van der Waals surface area contributed by atoms with Gasteiger partial charge in [0.15, 0.2) is 0 Å². The van der Waals surface area contributed by atoms with Gasteiger partial charge < -0.3 is 15.4 Å². The summed E-state index contributed by atoms with van der Waals surface area (Å²) in [5.41, 5.74) is 2.43. The van der Waals surface area contributed by atoms with Gasteiger partial charge in [0.05, 0.1) is 18.1 Å². The van der Waals surface area contributed by atoms with Gasteiger partial charge in [-0.15, -0.1) is 0 Å². The van der Waals surface area contributed by atoms with Crippen LogP contribution in [0, 0.1) is 13.8 Å². The Morgan fingerprint density at radius 1 is 1.32 bits per heavy atom. The number of carbonyl (C=O) groups excluding carboxylic acids is 1. The van der Waals surface area contributed by atoms with Crippen LogP contribution in [0.4, 0.5) is 5.69 Å². The van der Waals surface area contributed by atoms with Crippen LogP contribution in [0.1, 0.15) is 32.0 Å². The Morgan fingerprint density at radius 2 is 2.05 bits per heavy atom.